The van der Waals surface area contributed by atoms with Gasteiger partial charge in [0.2, 0.25) is 23.5 Å². The van der Waals surface area contributed by atoms with Crippen molar-refractivity contribution in [2.75, 3.05) is 32.7 Å². The van der Waals surface area contributed by atoms with Crippen LogP contribution in [0, 0.1) is 6.92 Å². The van der Waals surface area contributed by atoms with Crippen molar-refractivity contribution >= 4 is 28.9 Å². The van der Waals surface area contributed by atoms with Crippen LogP contribution in [0.1, 0.15) is 40.4 Å². The predicted molar refractivity (Wildman–Crippen MR) is 132 cm³/mol. The first-order valence-electron chi connectivity index (χ1n) is 11.7. The van der Waals surface area contributed by atoms with Gasteiger partial charge in [-0.2, -0.15) is 4.98 Å². The Kier molecular flexibility index (Phi) is 8.38. The molecular formula is C25H29N5O4S. The molecule has 1 aliphatic rings. The van der Waals surface area contributed by atoms with E-state index in [1.807, 2.05) is 47.5 Å². The number of piperazine rings is 1. The molecule has 10 heteroatoms. The van der Waals surface area contributed by atoms with Gasteiger partial charge in [0.15, 0.2) is 5.78 Å². The summed E-state index contributed by atoms with van der Waals surface area (Å²) in [7, 11) is 0. The van der Waals surface area contributed by atoms with E-state index in [-0.39, 0.29) is 43.4 Å². The van der Waals surface area contributed by atoms with E-state index in [1.165, 1.54) is 16.9 Å². The molecule has 9 nitrogen and oxygen atoms in total. The number of thiophene rings is 1. The molecule has 0 spiro atoms. The second-order valence-electron chi connectivity index (χ2n) is 8.54. The summed E-state index contributed by atoms with van der Waals surface area (Å²) in [4.78, 5) is 45.6. The lowest BCUT2D eigenvalue weighted by molar-refractivity contribution is -0.133. The highest BCUT2D eigenvalue weighted by Crippen LogP contribution is 2.17. The van der Waals surface area contributed by atoms with Gasteiger partial charge >= 0.3 is 0 Å². The molecule has 3 aromatic rings. The summed E-state index contributed by atoms with van der Waals surface area (Å²) >= 11 is 1.37. The van der Waals surface area contributed by atoms with Crippen molar-refractivity contribution in [1.29, 1.82) is 0 Å². The van der Waals surface area contributed by atoms with Crippen LogP contribution >= 0.6 is 11.3 Å². The Balaban J connectivity index is 1.13. The molecule has 1 saturated heterocycles. The Hall–Kier alpha value is -3.37. The van der Waals surface area contributed by atoms with Crippen LogP contribution in [0.3, 0.4) is 0 Å². The van der Waals surface area contributed by atoms with Crippen molar-refractivity contribution < 1.29 is 18.9 Å². The molecule has 1 fully saturated rings. The SMILES string of the molecule is Cc1ccc(-c2noc(CN3CCN(C(=O)CCNC(=O)CCC(=O)c4cccs4)CC3)n2)cc1. The molecule has 1 N–H and O–H groups in total. The molecular weight excluding hydrogens is 466 g/mol. The first-order valence-corrected chi connectivity index (χ1v) is 12.6. The Labute approximate surface area is 208 Å². The van der Waals surface area contributed by atoms with Gasteiger partial charge in [0, 0.05) is 57.5 Å². The number of nitrogens with zero attached hydrogens (tertiary/aromatic N) is 4. The number of carbonyl (C=O) groups is 3. The number of aromatic nitrogens is 2. The van der Waals surface area contributed by atoms with Crippen molar-refractivity contribution in [2.24, 2.45) is 0 Å². The van der Waals surface area contributed by atoms with Gasteiger partial charge in [0.25, 0.3) is 0 Å². The van der Waals surface area contributed by atoms with E-state index in [0.29, 0.717) is 49.3 Å². The van der Waals surface area contributed by atoms with E-state index in [9.17, 15) is 14.4 Å². The number of amides is 2. The van der Waals surface area contributed by atoms with Crippen LogP contribution < -0.4 is 5.32 Å². The minimum Gasteiger partial charge on any atom is -0.356 e. The zero-order chi connectivity index (χ0) is 24.6. The third-order valence-electron chi connectivity index (χ3n) is 5.90. The Morgan fingerprint density at radius 1 is 1.03 bits per heavy atom. The van der Waals surface area contributed by atoms with E-state index in [0.717, 1.165) is 5.56 Å². The molecule has 0 atom stereocenters. The molecule has 4 rings (SSSR count). The van der Waals surface area contributed by atoms with Crippen molar-refractivity contribution in [3.05, 3.63) is 58.1 Å². The number of ketones is 1. The van der Waals surface area contributed by atoms with Crippen LogP contribution in [0.5, 0.6) is 0 Å². The molecule has 2 aromatic heterocycles. The number of benzene rings is 1. The molecule has 1 aromatic carbocycles. The molecule has 0 saturated carbocycles. The summed E-state index contributed by atoms with van der Waals surface area (Å²) in [5.74, 6) is 0.902. The van der Waals surface area contributed by atoms with Crippen LogP contribution in [0.2, 0.25) is 0 Å². The lowest BCUT2D eigenvalue weighted by Gasteiger charge is -2.34. The maximum Gasteiger partial charge on any atom is 0.241 e. The maximum atomic E-state index is 12.5. The van der Waals surface area contributed by atoms with Crippen LogP contribution in [-0.4, -0.2) is 70.3 Å². The van der Waals surface area contributed by atoms with E-state index in [1.54, 1.807) is 6.07 Å². The van der Waals surface area contributed by atoms with Crippen LogP contribution in [0.25, 0.3) is 11.4 Å². The fourth-order valence-corrected chi connectivity index (χ4v) is 4.52. The molecule has 35 heavy (non-hydrogen) atoms. The van der Waals surface area contributed by atoms with Crippen molar-refractivity contribution in [3.63, 3.8) is 0 Å². The number of hydrogen-bond donors (Lipinski definition) is 1. The van der Waals surface area contributed by atoms with Crippen molar-refractivity contribution in [3.8, 4) is 11.4 Å². The van der Waals surface area contributed by atoms with Gasteiger partial charge in [-0.15, -0.1) is 11.3 Å². The number of carbonyl (C=O) groups excluding carboxylic acids is 3. The third-order valence-corrected chi connectivity index (χ3v) is 6.81. The Morgan fingerprint density at radius 3 is 2.51 bits per heavy atom. The van der Waals surface area contributed by atoms with Crippen LogP contribution in [0.4, 0.5) is 0 Å². The predicted octanol–water partition coefficient (Wildman–Crippen LogP) is 2.92. The van der Waals surface area contributed by atoms with Crippen molar-refractivity contribution in [1.82, 2.24) is 25.3 Å². The van der Waals surface area contributed by atoms with Gasteiger partial charge in [0.05, 0.1) is 11.4 Å². The quantitative estimate of drug-likeness (QED) is 0.431. The lowest BCUT2D eigenvalue weighted by atomic mass is 10.1. The van der Waals surface area contributed by atoms with E-state index >= 15 is 0 Å². The summed E-state index contributed by atoms with van der Waals surface area (Å²) < 4.78 is 5.41. The number of Topliss-reactive ketones (excluding diaryl/α,β-unsaturated/α-hetero) is 1. The Bertz CT molecular complexity index is 1140. The maximum absolute atomic E-state index is 12.5. The number of nitrogens with one attached hydrogen (secondary N) is 1. The average Bonchev–Trinajstić information content (AvgIpc) is 3.56. The highest BCUT2D eigenvalue weighted by atomic mass is 32.1. The van der Waals surface area contributed by atoms with Gasteiger partial charge in [-0.1, -0.05) is 41.1 Å². The number of hydrogen-bond acceptors (Lipinski definition) is 8. The van der Waals surface area contributed by atoms with Crippen LogP contribution in [-0.2, 0) is 16.1 Å². The molecule has 3 heterocycles. The van der Waals surface area contributed by atoms with E-state index in [4.69, 9.17) is 4.52 Å². The number of rotatable bonds is 10. The summed E-state index contributed by atoms with van der Waals surface area (Å²) in [6, 6.07) is 11.6. The fraction of sp³-hybridized carbons (Fsp3) is 0.400. The topological polar surface area (TPSA) is 109 Å². The normalized spacial score (nSPS) is 14.1. The van der Waals surface area contributed by atoms with Gasteiger partial charge in [-0.3, -0.25) is 19.3 Å². The molecule has 0 unspecified atom stereocenters. The molecule has 0 bridgehead atoms. The Morgan fingerprint density at radius 2 is 1.80 bits per heavy atom. The molecule has 2 amide bonds. The molecule has 0 radical (unpaired) electrons. The van der Waals surface area contributed by atoms with Gasteiger partial charge in [0.1, 0.15) is 0 Å². The monoisotopic (exact) mass is 495 g/mol. The van der Waals surface area contributed by atoms with Gasteiger partial charge in [-0.25, -0.2) is 0 Å². The second kappa shape index (κ2) is 11.9. The molecule has 184 valence electrons. The minimum atomic E-state index is -0.211. The van der Waals surface area contributed by atoms with Crippen molar-refractivity contribution in [2.45, 2.75) is 32.7 Å². The highest BCUT2D eigenvalue weighted by molar-refractivity contribution is 7.12. The summed E-state index contributed by atoms with van der Waals surface area (Å²) in [5.41, 5.74) is 2.09. The average molecular weight is 496 g/mol. The summed E-state index contributed by atoms with van der Waals surface area (Å²) in [5, 5.41) is 8.66. The van der Waals surface area contributed by atoms with Gasteiger partial charge < -0.3 is 14.7 Å². The minimum absolute atomic E-state index is 0.0130. The third kappa shape index (κ3) is 7.06. The fourth-order valence-electron chi connectivity index (χ4n) is 3.83. The summed E-state index contributed by atoms with van der Waals surface area (Å²) in [6.45, 7) is 5.50. The smallest absolute Gasteiger partial charge is 0.241 e. The van der Waals surface area contributed by atoms with Gasteiger partial charge in [-0.05, 0) is 18.4 Å². The van der Waals surface area contributed by atoms with E-state index in [2.05, 4.69) is 20.4 Å². The zero-order valence-electron chi connectivity index (χ0n) is 19.7. The van der Waals surface area contributed by atoms with Crippen LogP contribution in [0.15, 0.2) is 46.3 Å². The first kappa shape index (κ1) is 24.7. The molecule has 0 aliphatic carbocycles. The summed E-state index contributed by atoms with van der Waals surface area (Å²) in [6.07, 6.45) is 0.549. The molecule has 1 aliphatic heterocycles. The lowest BCUT2D eigenvalue weighted by Crippen LogP contribution is -2.48. The first-order chi connectivity index (χ1) is 17.0. The largest absolute Gasteiger partial charge is 0.356 e. The zero-order valence-corrected chi connectivity index (χ0v) is 20.6. The number of aryl methyl sites for hydroxylation is 1. The van der Waals surface area contributed by atoms with E-state index < -0.39 is 0 Å². The standard InChI is InChI=1S/C25H29N5O4S/c1-18-4-6-19(7-5-18)25-27-23(34-28-25)17-29-12-14-30(15-13-29)24(33)10-11-26-22(32)9-8-20(31)21-3-2-16-35-21/h2-7,16H,8-15,17H2,1H3,(H,26,32). The highest BCUT2D eigenvalue weighted by Gasteiger charge is 2.22. The second-order valence-corrected chi connectivity index (χ2v) is 9.48.